The Morgan fingerprint density at radius 3 is 2.03 bits per heavy atom. The number of benzene rings is 2. The Kier molecular flexibility index (Phi) is 7.22. The zero-order chi connectivity index (χ0) is 27.2. The van der Waals surface area contributed by atoms with Crippen molar-refractivity contribution in [3.8, 4) is 5.75 Å². The summed E-state index contributed by atoms with van der Waals surface area (Å²) in [7, 11) is 0. The molecule has 0 heterocycles. The SMILES string of the molecule is CCOC(=O)C(C)(C)Oc1c(C)cc(C2CC2C(=O)c2ccc(C(F)(F)F)cc2C(F)(F)F)cc1C. The van der Waals surface area contributed by atoms with Crippen LogP contribution in [0.4, 0.5) is 26.3 Å². The lowest BCUT2D eigenvalue weighted by atomic mass is 9.95. The van der Waals surface area contributed by atoms with E-state index in [1.165, 1.54) is 0 Å². The molecule has 0 radical (unpaired) electrons. The molecular formula is C26H26F6O4. The fraction of sp³-hybridized carbons (Fsp3) is 0.462. The first-order valence-electron chi connectivity index (χ1n) is 11.3. The predicted molar refractivity (Wildman–Crippen MR) is 119 cm³/mol. The number of ether oxygens (including phenoxy) is 2. The Hall–Kier alpha value is -3.04. The second-order valence-electron chi connectivity index (χ2n) is 9.39. The molecule has 36 heavy (non-hydrogen) atoms. The molecule has 0 aromatic heterocycles. The highest BCUT2D eigenvalue weighted by Gasteiger charge is 2.47. The molecule has 0 N–H and O–H groups in total. The first kappa shape index (κ1) is 27.5. The molecule has 2 aromatic rings. The molecule has 4 nitrogen and oxygen atoms in total. The summed E-state index contributed by atoms with van der Waals surface area (Å²) in [6.45, 7) is 8.47. The quantitative estimate of drug-likeness (QED) is 0.225. The Labute approximate surface area is 204 Å². The van der Waals surface area contributed by atoms with Crippen molar-refractivity contribution in [2.24, 2.45) is 5.92 Å². The highest BCUT2D eigenvalue weighted by Crippen LogP contribution is 2.51. The number of rotatable bonds is 7. The van der Waals surface area contributed by atoms with E-state index in [4.69, 9.17) is 9.47 Å². The van der Waals surface area contributed by atoms with Gasteiger partial charge in [0.1, 0.15) is 5.75 Å². The van der Waals surface area contributed by atoms with E-state index in [2.05, 4.69) is 0 Å². The van der Waals surface area contributed by atoms with E-state index in [1.54, 1.807) is 46.8 Å². The van der Waals surface area contributed by atoms with E-state index in [1.807, 2.05) is 0 Å². The van der Waals surface area contributed by atoms with Gasteiger partial charge in [0, 0.05) is 11.5 Å². The van der Waals surface area contributed by atoms with Crippen molar-refractivity contribution >= 4 is 11.8 Å². The molecule has 1 saturated carbocycles. The third-order valence-electron chi connectivity index (χ3n) is 6.08. The van der Waals surface area contributed by atoms with Crippen LogP contribution in [0, 0.1) is 19.8 Å². The van der Waals surface area contributed by atoms with E-state index >= 15 is 0 Å². The Morgan fingerprint density at radius 1 is 0.944 bits per heavy atom. The monoisotopic (exact) mass is 516 g/mol. The first-order chi connectivity index (χ1) is 16.5. The molecule has 2 aromatic carbocycles. The highest BCUT2D eigenvalue weighted by atomic mass is 19.4. The van der Waals surface area contributed by atoms with E-state index in [0.29, 0.717) is 34.6 Å². The van der Waals surface area contributed by atoms with Gasteiger partial charge >= 0.3 is 18.3 Å². The van der Waals surface area contributed by atoms with Gasteiger partial charge in [0.05, 0.1) is 17.7 Å². The predicted octanol–water partition coefficient (Wildman–Crippen LogP) is 7.05. The van der Waals surface area contributed by atoms with E-state index < -0.39 is 52.3 Å². The second-order valence-corrected chi connectivity index (χ2v) is 9.39. The van der Waals surface area contributed by atoms with Gasteiger partial charge in [-0.2, -0.15) is 26.3 Å². The van der Waals surface area contributed by atoms with Crippen LogP contribution in [0.25, 0.3) is 0 Å². The number of hydrogen-bond acceptors (Lipinski definition) is 4. The standard InChI is InChI=1S/C26H26F6O4/c1-6-35-23(34)24(4,5)36-22-13(2)9-15(10-14(22)3)18-12-19(18)21(33)17-8-7-16(25(27,28)29)11-20(17)26(30,31)32/h7-11,18-19H,6,12H2,1-5H3. The fourth-order valence-electron chi connectivity index (χ4n) is 4.18. The Balaban J connectivity index is 1.86. The van der Waals surface area contributed by atoms with Gasteiger partial charge in [-0.1, -0.05) is 18.2 Å². The second kappa shape index (κ2) is 9.44. The molecule has 1 aliphatic rings. The van der Waals surface area contributed by atoms with Crippen molar-refractivity contribution in [1.82, 2.24) is 0 Å². The molecule has 0 saturated heterocycles. The summed E-state index contributed by atoms with van der Waals surface area (Å²) in [6.07, 6.45) is -9.82. The smallest absolute Gasteiger partial charge is 0.417 e. The van der Waals surface area contributed by atoms with Gasteiger partial charge in [-0.05, 0) is 75.8 Å². The Morgan fingerprint density at radius 2 is 1.53 bits per heavy atom. The van der Waals surface area contributed by atoms with Crippen LogP contribution in [0.5, 0.6) is 5.75 Å². The lowest BCUT2D eigenvalue weighted by Gasteiger charge is -2.26. The summed E-state index contributed by atoms with van der Waals surface area (Å²) in [4.78, 5) is 25.1. The molecule has 196 valence electrons. The molecule has 0 spiro atoms. The summed E-state index contributed by atoms with van der Waals surface area (Å²) < 4.78 is 90.3. The summed E-state index contributed by atoms with van der Waals surface area (Å²) in [5.41, 5.74) is -3.08. The van der Waals surface area contributed by atoms with Crippen LogP contribution >= 0.6 is 0 Å². The minimum Gasteiger partial charge on any atom is -0.476 e. The lowest BCUT2D eigenvalue weighted by molar-refractivity contribution is -0.158. The number of carbonyl (C=O) groups is 2. The number of Topliss-reactive ketones (excluding diaryl/α,β-unsaturated/α-hetero) is 1. The van der Waals surface area contributed by atoms with Crippen molar-refractivity contribution in [3.63, 3.8) is 0 Å². The third-order valence-corrected chi connectivity index (χ3v) is 6.08. The van der Waals surface area contributed by atoms with Crippen molar-refractivity contribution in [3.05, 3.63) is 63.7 Å². The lowest BCUT2D eigenvalue weighted by Crippen LogP contribution is -2.40. The van der Waals surface area contributed by atoms with Gasteiger partial charge in [0.15, 0.2) is 11.4 Å². The van der Waals surface area contributed by atoms with Crippen molar-refractivity contribution < 1.29 is 45.4 Å². The average Bonchev–Trinajstić information content (AvgIpc) is 3.55. The number of ketones is 1. The Bertz CT molecular complexity index is 1160. The number of alkyl halides is 6. The zero-order valence-corrected chi connectivity index (χ0v) is 20.4. The van der Waals surface area contributed by atoms with Gasteiger partial charge in [-0.15, -0.1) is 0 Å². The van der Waals surface area contributed by atoms with Crippen LogP contribution < -0.4 is 4.74 Å². The van der Waals surface area contributed by atoms with Crippen molar-refractivity contribution in [2.45, 2.75) is 64.9 Å². The molecule has 0 bridgehead atoms. The minimum absolute atomic E-state index is 0.0175. The maximum Gasteiger partial charge on any atom is 0.417 e. The van der Waals surface area contributed by atoms with Gasteiger partial charge in [-0.3, -0.25) is 4.79 Å². The molecule has 2 unspecified atom stereocenters. The molecule has 1 fully saturated rings. The summed E-state index contributed by atoms with van der Waals surface area (Å²) in [5.74, 6) is -2.12. The molecule has 2 atom stereocenters. The third kappa shape index (κ3) is 5.68. The van der Waals surface area contributed by atoms with E-state index in [9.17, 15) is 35.9 Å². The van der Waals surface area contributed by atoms with Crippen LogP contribution in [-0.2, 0) is 21.9 Å². The van der Waals surface area contributed by atoms with Gasteiger partial charge in [0.2, 0.25) is 0 Å². The van der Waals surface area contributed by atoms with Crippen LogP contribution in [0.3, 0.4) is 0 Å². The number of esters is 1. The number of aryl methyl sites for hydroxylation is 2. The minimum atomic E-state index is -5.12. The summed E-state index contributed by atoms with van der Waals surface area (Å²) in [5, 5.41) is 0. The molecule has 1 aliphatic carbocycles. The van der Waals surface area contributed by atoms with Gasteiger partial charge in [-0.25, -0.2) is 4.79 Å². The van der Waals surface area contributed by atoms with Crippen LogP contribution in [0.1, 0.15) is 71.3 Å². The molecule has 10 heteroatoms. The molecule has 3 rings (SSSR count). The van der Waals surface area contributed by atoms with E-state index in [-0.39, 0.29) is 25.0 Å². The molecular weight excluding hydrogens is 490 g/mol. The molecule has 0 aliphatic heterocycles. The van der Waals surface area contributed by atoms with Gasteiger partial charge < -0.3 is 9.47 Å². The largest absolute Gasteiger partial charge is 0.476 e. The maximum absolute atomic E-state index is 13.5. The normalized spacial score (nSPS) is 18.1. The molecule has 0 amide bonds. The van der Waals surface area contributed by atoms with Crippen LogP contribution in [0.2, 0.25) is 0 Å². The zero-order valence-electron chi connectivity index (χ0n) is 20.4. The topological polar surface area (TPSA) is 52.6 Å². The number of halogens is 6. The number of carbonyl (C=O) groups excluding carboxylic acids is 2. The first-order valence-corrected chi connectivity index (χ1v) is 11.3. The van der Waals surface area contributed by atoms with Crippen molar-refractivity contribution in [1.29, 1.82) is 0 Å². The maximum atomic E-state index is 13.5. The highest BCUT2D eigenvalue weighted by molar-refractivity contribution is 6.01. The van der Waals surface area contributed by atoms with Crippen molar-refractivity contribution in [2.75, 3.05) is 6.61 Å². The average molecular weight is 516 g/mol. The summed E-state index contributed by atoms with van der Waals surface area (Å²) >= 11 is 0. The summed E-state index contributed by atoms with van der Waals surface area (Å²) in [6, 6.07) is 4.55. The van der Waals surface area contributed by atoms with Gasteiger partial charge in [0.25, 0.3) is 0 Å². The number of hydrogen-bond donors (Lipinski definition) is 0. The fourth-order valence-corrected chi connectivity index (χ4v) is 4.18. The van der Waals surface area contributed by atoms with E-state index in [0.717, 1.165) is 0 Å². The van der Waals surface area contributed by atoms with Crippen LogP contribution in [-0.4, -0.2) is 24.0 Å². The van der Waals surface area contributed by atoms with Crippen LogP contribution in [0.15, 0.2) is 30.3 Å².